The summed E-state index contributed by atoms with van der Waals surface area (Å²) in [4.78, 5) is 28.8. The molecule has 0 spiro atoms. The summed E-state index contributed by atoms with van der Waals surface area (Å²) >= 11 is 0. The van der Waals surface area contributed by atoms with Gasteiger partial charge in [-0.2, -0.15) is 4.58 Å². The van der Waals surface area contributed by atoms with Crippen LogP contribution in [0.4, 0.5) is 11.4 Å². The third kappa shape index (κ3) is 4.49. The van der Waals surface area contributed by atoms with Crippen LogP contribution in [0.5, 0.6) is 0 Å². The van der Waals surface area contributed by atoms with Gasteiger partial charge in [-0.25, -0.2) is 0 Å². The second-order valence-corrected chi connectivity index (χ2v) is 13.0. The van der Waals surface area contributed by atoms with Crippen molar-refractivity contribution in [3.05, 3.63) is 180 Å². The lowest BCUT2D eigenvalue weighted by Crippen LogP contribution is -2.40. The Balaban J connectivity index is 1.12. The number of para-hydroxylation sites is 2. The van der Waals surface area contributed by atoms with Gasteiger partial charge < -0.3 is 4.57 Å². The van der Waals surface area contributed by atoms with E-state index < -0.39 is 5.92 Å². The van der Waals surface area contributed by atoms with Crippen molar-refractivity contribution >= 4 is 45.1 Å². The minimum absolute atomic E-state index is 0.120. The molecule has 9 rings (SSSR count). The minimum atomic E-state index is -0.841. The van der Waals surface area contributed by atoms with Gasteiger partial charge in [0.25, 0.3) is 0 Å². The summed E-state index contributed by atoms with van der Waals surface area (Å²) in [5.74, 6) is -1.08. The maximum Gasteiger partial charge on any atom is 0.219 e. The molecule has 0 bridgehead atoms. The largest absolute Gasteiger partial charge is 0.314 e. The summed E-state index contributed by atoms with van der Waals surface area (Å²) in [5, 5.41) is 0.931. The average Bonchev–Trinajstić information content (AvgIpc) is 3.62. The summed E-state index contributed by atoms with van der Waals surface area (Å²) < 4.78 is 4.34. The quantitative estimate of drug-likeness (QED) is 0.0809. The molecule has 6 aromatic carbocycles. The van der Waals surface area contributed by atoms with Gasteiger partial charge in [0.05, 0.1) is 22.2 Å². The van der Waals surface area contributed by atoms with Crippen molar-refractivity contribution in [2.24, 2.45) is 0 Å². The van der Waals surface area contributed by atoms with Gasteiger partial charge in [-0.05, 0) is 71.1 Å². The van der Waals surface area contributed by atoms with Gasteiger partial charge in [0.15, 0.2) is 17.3 Å². The van der Waals surface area contributed by atoms with Crippen LogP contribution >= 0.6 is 0 Å². The van der Waals surface area contributed by atoms with Gasteiger partial charge in [-0.3, -0.25) is 9.59 Å². The van der Waals surface area contributed by atoms with E-state index in [-0.39, 0.29) is 11.6 Å². The lowest BCUT2D eigenvalue weighted by molar-refractivity contribution is -0.133. The molecule has 1 saturated carbocycles. The fraction of sp³-hybridized carbons (Fsp3) is 0.0652. The number of rotatable bonds is 5. The molecule has 238 valence electrons. The van der Waals surface area contributed by atoms with Crippen molar-refractivity contribution in [2.45, 2.75) is 19.8 Å². The molecule has 0 unspecified atom stereocenters. The first-order chi connectivity index (χ1) is 24.5. The second-order valence-electron chi connectivity index (χ2n) is 13.0. The molecular formula is C46H33N2O2+. The fourth-order valence-electron chi connectivity index (χ4n) is 7.93. The number of benzene rings is 6. The molecule has 7 aromatic rings. The van der Waals surface area contributed by atoms with Crippen LogP contribution in [-0.2, 0) is 9.59 Å². The summed E-state index contributed by atoms with van der Waals surface area (Å²) in [6, 6.07) is 53.7. The van der Waals surface area contributed by atoms with E-state index in [0.29, 0.717) is 5.57 Å². The smallest absolute Gasteiger partial charge is 0.219 e. The molecule has 4 nitrogen and oxygen atoms in total. The number of hydrogen-bond acceptors (Lipinski definition) is 2. The topological polar surface area (TPSA) is 42.1 Å². The third-order valence-corrected chi connectivity index (χ3v) is 10.3. The van der Waals surface area contributed by atoms with Crippen LogP contribution in [0.1, 0.15) is 29.7 Å². The number of Topliss-reactive ketones (excluding diaryl/α,β-unsaturated/α-hetero) is 2. The summed E-state index contributed by atoms with van der Waals surface area (Å²) in [6.45, 7) is 4.03. The van der Waals surface area contributed by atoms with Crippen LogP contribution in [0.3, 0.4) is 0 Å². The van der Waals surface area contributed by atoms with Crippen molar-refractivity contribution in [3.8, 4) is 27.9 Å². The Morgan fingerprint density at radius 1 is 0.520 bits per heavy atom. The van der Waals surface area contributed by atoms with Crippen LogP contribution < -0.4 is 4.58 Å². The first-order valence-electron chi connectivity index (χ1n) is 17.0. The van der Waals surface area contributed by atoms with Crippen molar-refractivity contribution in [1.29, 1.82) is 0 Å². The molecule has 0 N–H and O–H groups in total. The van der Waals surface area contributed by atoms with E-state index in [1.165, 1.54) is 0 Å². The van der Waals surface area contributed by atoms with E-state index in [4.69, 9.17) is 0 Å². The second kappa shape index (κ2) is 11.6. The highest BCUT2D eigenvalue weighted by Gasteiger charge is 2.52. The van der Waals surface area contributed by atoms with E-state index in [1.807, 2.05) is 86.6 Å². The number of hydrogen-bond donors (Lipinski definition) is 0. The molecule has 1 fully saturated rings. The van der Waals surface area contributed by atoms with E-state index in [1.54, 1.807) is 0 Å². The average molecular weight is 646 g/mol. The zero-order valence-electron chi connectivity index (χ0n) is 27.8. The Morgan fingerprint density at radius 3 is 1.68 bits per heavy atom. The first-order valence-corrected chi connectivity index (χ1v) is 17.0. The van der Waals surface area contributed by atoms with Gasteiger partial charge in [-0.1, -0.05) is 103 Å². The van der Waals surface area contributed by atoms with E-state index in [9.17, 15) is 9.59 Å². The number of aromatic nitrogens is 1. The van der Waals surface area contributed by atoms with E-state index in [2.05, 4.69) is 94.1 Å². The Hall–Kier alpha value is -6.39. The van der Waals surface area contributed by atoms with Gasteiger partial charge >= 0.3 is 0 Å². The van der Waals surface area contributed by atoms with Crippen LogP contribution in [0.15, 0.2) is 163 Å². The third-order valence-electron chi connectivity index (χ3n) is 10.3. The van der Waals surface area contributed by atoms with Crippen molar-refractivity contribution in [1.82, 2.24) is 9.14 Å². The first kappa shape index (κ1) is 29.7. The molecule has 4 heteroatoms. The molecule has 50 heavy (non-hydrogen) atoms. The molecule has 1 aromatic heterocycles. The standard InChI is InChI=1S/C46H33N2O2/c1-29-41(37-17-9-11-19-39(37)47(29)35-25-21-33(22-26-35)31-13-5-3-6-14-31)43-45(49)44(46(43)50)42-30(2)48(40-20-12-10-18-38(40)42)36-27-23-34(24-28-36)32-15-7-4-8-16-32/h3-28,43H,1-2H3/q+1. The molecule has 1 aliphatic carbocycles. The number of ketones is 2. The number of allylic oxidation sites excluding steroid dienone is 2. The molecule has 0 amide bonds. The summed E-state index contributed by atoms with van der Waals surface area (Å²) in [7, 11) is 0. The molecule has 1 aliphatic heterocycles. The highest BCUT2D eigenvalue weighted by atomic mass is 16.2. The fourth-order valence-corrected chi connectivity index (χ4v) is 7.93. The van der Waals surface area contributed by atoms with Crippen molar-refractivity contribution in [2.75, 3.05) is 0 Å². The zero-order valence-corrected chi connectivity index (χ0v) is 27.8. The highest BCUT2D eigenvalue weighted by molar-refractivity contribution is 6.51. The molecule has 2 heterocycles. The van der Waals surface area contributed by atoms with Gasteiger partial charge in [-0.15, -0.1) is 0 Å². The number of carbonyl (C=O) groups excluding carboxylic acids is 2. The molecule has 2 aliphatic rings. The molecule has 0 radical (unpaired) electrons. The molecule has 0 atom stereocenters. The number of nitrogens with zero attached hydrogens (tertiary/aromatic N) is 2. The maximum absolute atomic E-state index is 14.4. The Morgan fingerprint density at radius 2 is 1.04 bits per heavy atom. The number of fused-ring (bicyclic) bond motifs is 2. The summed E-state index contributed by atoms with van der Waals surface area (Å²) in [6.07, 6.45) is 0. The van der Waals surface area contributed by atoms with Gasteiger partial charge in [0.1, 0.15) is 5.92 Å². The normalized spacial score (nSPS) is 15.5. The lowest BCUT2D eigenvalue weighted by atomic mass is 9.69. The van der Waals surface area contributed by atoms with Crippen LogP contribution in [0.25, 0.3) is 44.4 Å². The van der Waals surface area contributed by atoms with Crippen molar-refractivity contribution in [3.63, 3.8) is 0 Å². The Labute approximate surface area is 290 Å². The SMILES string of the molecule is CC1=[N+](c2ccc(-c3ccccc3)cc2)c2ccccc2C1=C1C(=O)C(c2c(C)n(-c3ccc(-c4ccccc4)cc3)c3ccccc23)C1=O. The predicted octanol–water partition coefficient (Wildman–Crippen LogP) is 10.3. The summed E-state index contributed by atoms with van der Waals surface area (Å²) in [5.41, 5.74) is 13.0. The van der Waals surface area contributed by atoms with Crippen LogP contribution in [0.2, 0.25) is 0 Å². The Kier molecular flexibility index (Phi) is 6.92. The molecule has 0 saturated heterocycles. The number of carbonyl (C=O) groups is 2. The highest BCUT2D eigenvalue weighted by Crippen LogP contribution is 2.47. The van der Waals surface area contributed by atoms with Gasteiger partial charge in [0.2, 0.25) is 11.4 Å². The van der Waals surface area contributed by atoms with Crippen molar-refractivity contribution < 1.29 is 9.59 Å². The monoisotopic (exact) mass is 645 g/mol. The van der Waals surface area contributed by atoms with Crippen LogP contribution in [-0.4, -0.2) is 21.8 Å². The van der Waals surface area contributed by atoms with Crippen LogP contribution in [0, 0.1) is 6.92 Å². The van der Waals surface area contributed by atoms with Gasteiger partial charge in [0, 0.05) is 41.9 Å². The molecular weight excluding hydrogens is 613 g/mol. The minimum Gasteiger partial charge on any atom is -0.314 e. The predicted molar refractivity (Wildman–Crippen MR) is 204 cm³/mol. The maximum atomic E-state index is 14.4. The van der Waals surface area contributed by atoms with E-state index in [0.717, 1.165) is 78.3 Å². The Bertz CT molecular complexity index is 2540. The lowest BCUT2D eigenvalue weighted by Gasteiger charge is -2.28. The van der Waals surface area contributed by atoms with E-state index >= 15 is 0 Å². The zero-order chi connectivity index (χ0) is 33.9.